The zero-order chi connectivity index (χ0) is 19.2. The zero-order valence-corrected chi connectivity index (χ0v) is 13.7. The molecule has 0 saturated carbocycles. The van der Waals surface area contributed by atoms with Gasteiger partial charge in [-0.1, -0.05) is 6.07 Å². The minimum atomic E-state index is -1.30. The molecule has 0 bridgehead atoms. The van der Waals surface area contributed by atoms with Crippen LogP contribution in [-0.2, 0) is 0 Å². The number of rotatable bonds is 2. The van der Waals surface area contributed by atoms with Crippen molar-refractivity contribution < 1.29 is 14.3 Å². The first-order valence-electron chi connectivity index (χ1n) is 7.66. The number of halogens is 1. The molecule has 27 heavy (non-hydrogen) atoms. The number of pyridine rings is 3. The second kappa shape index (κ2) is 7.91. The van der Waals surface area contributed by atoms with Crippen LogP contribution in [0, 0.1) is 5.95 Å². The molecule has 0 amide bonds. The fraction of sp³-hybridized carbons (Fsp3) is 0. The molecule has 134 valence electrons. The van der Waals surface area contributed by atoms with Gasteiger partial charge in [0, 0.05) is 18.6 Å². The Bertz CT molecular complexity index is 1150. The van der Waals surface area contributed by atoms with Crippen LogP contribution in [0.2, 0.25) is 0 Å². The maximum Gasteiger partial charge on any atom is 0.340 e. The molecule has 0 aliphatic heterocycles. The topological polar surface area (TPSA) is 122 Å². The average molecular weight is 365 g/mol. The third kappa shape index (κ3) is 4.15. The Labute approximate surface area is 151 Å². The minimum Gasteiger partial charge on any atom is -0.478 e. The van der Waals surface area contributed by atoms with Crippen molar-refractivity contribution in [2.24, 2.45) is 0 Å². The molecule has 0 aromatic carbocycles. The number of fused-ring (bicyclic) bond motifs is 1. The Balaban J connectivity index is 0.000000180. The summed E-state index contributed by atoms with van der Waals surface area (Å²) in [5.41, 5.74) is 0.445. The fourth-order valence-electron chi connectivity index (χ4n) is 2.14. The molecule has 4 heterocycles. The Morgan fingerprint density at radius 2 is 1.70 bits per heavy atom. The first kappa shape index (κ1) is 17.8. The lowest BCUT2D eigenvalue weighted by Crippen LogP contribution is -2.10. The number of nitrogens with zero attached hydrogens (tertiary/aromatic N) is 4. The van der Waals surface area contributed by atoms with Gasteiger partial charge in [0.25, 0.3) is 5.56 Å². The van der Waals surface area contributed by atoms with E-state index < -0.39 is 17.5 Å². The van der Waals surface area contributed by atoms with Gasteiger partial charge in [0.1, 0.15) is 11.3 Å². The Morgan fingerprint density at radius 1 is 0.963 bits per heavy atom. The van der Waals surface area contributed by atoms with Gasteiger partial charge in [0.15, 0.2) is 11.5 Å². The highest BCUT2D eigenvalue weighted by Crippen LogP contribution is 2.11. The van der Waals surface area contributed by atoms with Gasteiger partial charge < -0.3 is 10.1 Å². The first-order valence-corrected chi connectivity index (χ1v) is 7.66. The third-order valence-corrected chi connectivity index (χ3v) is 3.38. The van der Waals surface area contributed by atoms with E-state index in [0.717, 1.165) is 6.07 Å². The van der Waals surface area contributed by atoms with Crippen LogP contribution in [0.5, 0.6) is 0 Å². The molecular weight excluding hydrogens is 353 g/mol. The lowest BCUT2D eigenvalue weighted by Gasteiger charge is -2.00. The van der Waals surface area contributed by atoms with Crippen molar-refractivity contribution in [2.75, 3.05) is 0 Å². The maximum atomic E-state index is 12.3. The summed E-state index contributed by atoms with van der Waals surface area (Å²) in [5.74, 6) is -1.82. The Kier molecular flexibility index (Phi) is 5.22. The van der Waals surface area contributed by atoms with Crippen LogP contribution in [0.15, 0.2) is 65.8 Å². The summed E-state index contributed by atoms with van der Waals surface area (Å²) in [6, 6.07) is 11.4. The number of carboxylic acid groups (broad SMARTS) is 1. The molecule has 9 heteroatoms. The van der Waals surface area contributed by atoms with E-state index in [1.54, 1.807) is 36.7 Å². The number of nitrogens with one attached hydrogen (secondary N) is 1. The van der Waals surface area contributed by atoms with Gasteiger partial charge >= 0.3 is 5.97 Å². The lowest BCUT2D eigenvalue weighted by atomic mass is 10.3. The standard InChI is InChI=1S/C12H8N4O.C6H4FNO2/c17-12-8-4-3-7-14-10(8)15-11(16-12)9-5-1-2-6-13-9;7-5-4(6(9)10)2-1-3-8-5/h1-7H,(H,14,15,16,17);1-3H,(H,9,10). The number of hydrogen-bond acceptors (Lipinski definition) is 6. The number of hydrogen-bond donors (Lipinski definition) is 2. The second-order valence-corrected chi connectivity index (χ2v) is 5.15. The molecule has 4 rings (SSSR count). The summed E-state index contributed by atoms with van der Waals surface area (Å²) in [6.45, 7) is 0. The molecule has 0 spiro atoms. The van der Waals surface area contributed by atoms with Crippen molar-refractivity contribution >= 4 is 17.0 Å². The molecule has 0 unspecified atom stereocenters. The third-order valence-electron chi connectivity index (χ3n) is 3.38. The SMILES string of the molecule is O=C(O)c1cccnc1F.O=c1[nH]c(-c2ccccn2)nc2ncccc12. The lowest BCUT2D eigenvalue weighted by molar-refractivity contribution is 0.0690. The predicted molar refractivity (Wildman–Crippen MR) is 94.5 cm³/mol. The van der Waals surface area contributed by atoms with E-state index in [4.69, 9.17) is 5.11 Å². The van der Waals surface area contributed by atoms with Crippen LogP contribution in [-0.4, -0.2) is 36.0 Å². The van der Waals surface area contributed by atoms with Gasteiger partial charge in [0.2, 0.25) is 5.95 Å². The van der Waals surface area contributed by atoms with Crippen LogP contribution < -0.4 is 5.56 Å². The maximum absolute atomic E-state index is 12.3. The summed E-state index contributed by atoms with van der Waals surface area (Å²) in [6.07, 6.45) is 4.46. The molecule has 0 aliphatic rings. The van der Waals surface area contributed by atoms with Crippen LogP contribution >= 0.6 is 0 Å². The van der Waals surface area contributed by atoms with Gasteiger partial charge in [0.05, 0.1) is 5.39 Å². The van der Waals surface area contributed by atoms with Crippen molar-refractivity contribution in [1.82, 2.24) is 24.9 Å². The molecule has 0 atom stereocenters. The molecule has 4 aromatic heterocycles. The molecule has 0 fully saturated rings. The molecule has 4 aromatic rings. The van der Waals surface area contributed by atoms with Crippen molar-refractivity contribution in [3.8, 4) is 11.5 Å². The van der Waals surface area contributed by atoms with Gasteiger partial charge in [-0.2, -0.15) is 4.39 Å². The summed E-state index contributed by atoms with van der Waals surface area (Å²) in [4.78, 5) is 40.3. The average Bonchev–Trinajstić information content (AvgIpc) is 2.69. The number of aromatic nitrogens is 5. The highest BCUT2D eigenvalue weighted by atomic mass is 19.1. The van der Waals surface area contributed by atoms with Gasteiger partial charge in [-0.05, 0) is 36.4 Å². The summed E-state index contributed by atoms with van der Waals surface area (Å²) < 4.78 is 12.3. The molecule has 8 nitrogen and oxygen atoms in total. The van der Waals surface area contributed by atoms with E-state index in [2.05, 4.69) is 24.9 Å². The number of aromatic carboxylic acids is 1. The number of carboxylic acids is 1. The van der Waals surface area contributed by atoms with Crippen LogP contribution in [0.25, 0.3) is 22.6 Å². The second-order valence-electron chi connectivity index (χ2n) is 5.15. The van der Waals surface area contributed by atoms with Crippen molar-refractivity contribution in [1.29, 1.82) is 0 Å². The first-order chi connectivity index (χ1) is 13.1. The quantitative estimate of drug-likeness (QED) is 0.523. The van der Waals surface area contributed by atoms with Gasteiger partial charge in [-0.3, -0.25) is 9.78 Å². The van der Waals surface area contributed by atoms with Crippen LogP contribution in [0.3, 0.4) is 0 Å². The summed E-state index contributed by atoms with van der Waals surface area (Å²) >= 11 is 0. The minimum absolute atomic E-state index is 0.205. The smallest absolute Gasteiger partial charge is 0.340 e. The molecule has 2 N–H and O–H groups in total. The molecule has 0 saturated heterocycles. The van der Waals surface area contributed by atoms with E-state index in [-0.39, 0.29) is 5.56 Å². The van der Waals surface area contributed by atoms with E-state index in [1.807, 2.05) is 6.07 Å². The normalized spacial score (nSPS) is 10.1. The number of carbonyl (C=O) groups is 1. The highest BCUT2D eigenvalue weighted by Gasteiger charge is 2.08. The van der Waals surface area contributed by atoms with Crippen molar-refractivity contribution in [3.05, 3.63) is 82.9 Å². The van der Waals surface area contributed by atoms with Gasteiger partial charge in [-0.15, -0.1) is 0 Å². The Hall–Kier alpha value is -4.01. The van der Waals surface area contributed by atoms with Gasteiger partial charge in [-0.25, -0.2) is 19.7 Å². The van der Waals surface area contributed by atoms with E-state index in [0.29, 0.717) is 22.6 Å². The summed E-state index contributed by atoms with van der Waals surface area (Å²) in [5, 5.41) is 8.76. The Morgan fingerprint density at radius 3 is 2.37 bits per heavy atom. The van der Waals surface area contributed by atoms with Crippen molar-refractivity contribution in [3.63, 3.8) is 0 Å². The zero-order valence-electron chi connectivity index (χ0n) is 13.7. The van der Waals surface area contributed by atoms with E-state index in [1.165, 1.54) is 12.3 Å². The fourth-order valence-corrected chi connectivity index (χ4v) is 2.14. The van der Waals surface area contributed by atoms with Crippen LogP contribution in [0.1, 0.15) is 10.4 Å². The molecule has 0 radical (unpaired) electrons. The number of H-pyrrole nitrogens is 1. The van der Waals surface area contributed by atoms with E-state index >= 15 is 0 Å². The predicted octanol–water partition coefficient (Wildman–Crippen LogP) is 2.30. The monoisotopic (exact) mass is 365 g/mol. The number of aromatic amines is 1. The van der Waals surface area contributed by atoms with Crippen LogP contribution in [0.4, 0.5) is 4.39 Å². The summed E-state index contributed by atoms with van der Waals surface area (Å²) in [7, 11) is 0. The van der Waals surface area contributed by atoms with E-state index in [9.17, 15) is 14.0 Å². The largest absolute Gasteiger partial charge is 0.478 e. The highest BCUT2D eigenvalue weighted by molar-refractivity contribution is 5.87. The van der Waals surface area contributed by atoms with Crippen molar-refractivity contribution in [2.45, 2.75) is 0 Å². The molecule has 0 aliphatic carbocycles. The molecular formula is C18H12FN5O3.